The van der Waals surface area contributed by atoms with Crippen LogP contribution in [0.25, 0.3) is 0 Å². The third-order valence-corrected chi connectivity index (χ3v) is 5.65. The van der Waals surface area contributed by atoms with Gasteiger partial charge in [0.05, 0.1) is 5.69 Å². The van der Waals surface area contributed by atoms with Crippen molar-refractivity contribution in [3.05, 3.63) is 10.6 Å². The SMILES string of the molecule is CCCCN(C)S(=O)(=O)Nc1nc2c(s1)CNCC2. The first-order chi connectivity index (χ1) is 9.03. The molecule has 0 aliphatic carbocycles. The smallest absolute Gasteiger partial charge is 0.303 e. The fourth-order valence-corrected chi connectivity index (χ4v) is 3.96. The van der Waals surface area contributed by atoms with Gasteiger partial charge in [0.15, 0.2) is 5.13 Å². The van der Waals surface area contributed by atoms with E-state index in [1.807, 2.05) is 6.92 Å². The van der Waals surface area contributed by atoms with Crippen LogP contribution in [0, 0.1) is 0 Å². The molecule has 0 saturated heterocycles. The van der Waals surface area contributed by atoms with Crippen molar-refractivity contribution in [1.82, 2.24) is 14.6 Å². The molecule has 0 amide bonds. The van der Waals surface area contributed by atoms with Crippen LogP contribution in [0.5, 0.6) is 0 Å². The number of anilines is 1. The quantitative estimate of drug-likeness (QED) is 0.827. The van der Waals surface area contributed by atoms with E-state index >= 15 is 0 Å². The topological polar surface area (TPSA) is 74.3 Å². The fourth-order valence-electron chi connectivity index (χ4n) is 1.86. The van der Waals surface area contributed by atoms with Crippen LogP contribution in [-0.4, -0.2) is 37.8 Å². The highest BCUT2D eigenvalue weighted by molar-refractivity contribution is 7.90. The Labute approximate surface area is 118 Å². The first kappa shape index (κ1) is 14.7. The predicted octanol–water partition coefficient (Wildman–Crippen LogP) is 1.18. The van der Waals surface area contributed by atoms with Crippen molar-refractivity contribution >= 4 is 26.7 Å². The maximum absolute atomic E-state index is 12.1. The Balaban J connectivity index is 2.05. The number of thiazole rings is 1. The van der Waals surface area contributed by atoms with Crippen molar-refractivity contribution in [2.75, 3.05) is 24.9 Å². The van der Waals surface area contributed by atoms with Gasteiger partial charge in [0.1, 0.15) is 0 Å². The van der Waals surface area contributed by atoms with E-state index < -0.39 is 10.2 Å². The fraction of sp³-hybridized carbons (Fsp3) is 0.727. The second-order valence-electron chi connectivity index (χ2n) is 4.60. The molecule has 1 aliphatic rings. The van der Waals surface area contributed by atoms with E-state index in [2.05, 4.69) is 15.0 Å². The Hall–Kier alpha value is -0.700. The number of hydrogen-bond donors (Lipinski definition) is 2. The van der Waals surface area contributed by atoms with Crippen LogP contribution in [0.3, 0.4) is 0 Å². The third kappa shape index (κ3) is 3.65. The molecule has 0 unspecified atom stereocenters. The third-order valence-electron chi connectivity index (χ3n) is 3.06. The van der Waals surface area contributed by atoms with Crippen molar-refractivity contribution in [1.29, 1.82) is 0 Å². The van der Waals surface area contributed by atoms with Crippen LogP contribution >= 0.6 is 11.3 Å². The summed E-state index contributed by atoms with van der Waals surface area (Å²) < 4.78 is 28.1. The first-order valence-electron chi connectivity index (χ1n) is 6.46. The summed E-state index contributed by atoms with van der Waals surface area (Å²) in [4.78, 5) is 5.49. The van der Waals surface area contributed by atoms with Gasteiger partial charge in [-0.2, -0.15) is 12.7 Å². The van der Waals surface area contributed by atoms with Gasteiger partial charge in [-0.15, -0.1) is 0 Å². The molecule has 108 valence electrons. The van der Waals surface area contributed by atoms with Crippen molar-refractivity contribution in [2.45, 2.75) is 32.7 Å². The Bertz CT molecular complexity index is 503. The van der Waals surface area contributed by atoms with Crippen molar-refractivity contribution in [3.8, 4) is 0 Å². The van der Waals surface area contributed by atoms with E-state index in [0.717, 1.165) is 42.9 Å². The zero-order valence-corrected chi connectivity index (χ0v) is 12.9. The molecule has 0 atom stereocenters. The molecule has 0 saturated carbocycles. The number of unbranched alkanes of at least 4 members (excludes halogenated alkanes) is 1. The molecule has 0 radical (unpaired) electrons. The highest BCUT2D eigenvalue weighted by atomic mass is 32.2. The summed E-state index contributed by atoms with van der Waals surface area (Å²) in [5.74, 6) is 0. The number of aromatic nitrogens is 1. The summed E-state index contributed by atoms with van der Waals surface area (Å²) in [6.45, 7) is 4.24. The molecule has 8 heteroatoms. The van der Waals surface area contributed by atoms with E-state index in [1.54, 1.807) is 7.05 Å². The normalized spacial score (nSPS) is 15.5. The van der Waals surface area contributed by atoms with Gasteiger partial charge in [0.25, 0.3) is 0 Å². The standard InChI is InChI=1S/C11H20N4O2S2/c1-3-4-7-15(2)19(16,17)14-11-13-9-5-6-12-8-10(9)18-11/h12H,3-8H2,1-2H3,(H,13,14). The molecule has 2 rings (SSSR count). The van der Waals surface area contributed by atoms with Gasteiger partial charge in [-0.05, 0) is 6.42 Å². The molecule has 1 aromatic heterocycles. The van der Waals surface area contributed by atoms with Crippen LogP contribution in [0.4, 0.5) is 5.13 Å². The number of nitrogens with zero attached hydrogens (tertiary/aromatic N) is 2. The maximum Gasteiger partial charge on any atom is 0.303 e. The second-order valence-corrected chi connectivity index (χ2v) is 7.46. The van der Waals surface area contributed by atoms with Crippen LogP contribution < -0.4 is 10.0 Å². The molecule has 1 aliphatic heterocycles. The van der Waals surface area contributed by atoms with E-state index in [9.17, 15) is 8.42 Å². The van der Waals surface area contributed by atoms with Crippen LogP contribution in [0.2, 0.25) is 0 Å². The van der Waals surface area contributed by atoms with Crippen LogP contribution in [0.15, 0.2) is 0 Å². The predicted molar refractivity (Wildman–Crippen MR) is 77.6 cm³/mol. The molecule has 6 nitrogen and oxygen atoms in total. The number of fused-ring (bicyclic) bond motifs is 1. The molecular weight excluding hydrogens is 284 g/mol. The zero-order valence-electron chi connectivity index (χ0n) is 11.3. The molecule has 0 bridgehead atoms. The van der Waals surface area contributed by atoms with Crippen molar-refractivity contribution in [2.24, 2.45) is 0 Å². The molecule has 2 N–H and O–H groups in total. The van der Waals surface area contributed by atoms with Gasteiger partial charge in [-0.25, -0.2) is 9.71 Å². The van der Waals surface area contributed by atoms with Gasteiger partial charge in [0, 0.05) is 38.0 Å². The largest absolute Gasteiger partial charge is 0.311 e. The van der Waals surface area contributed by atoms with Crippen LogP contribution in [-0.2, 0) is 23.2 Å². The first-order valence-corrected chi connectivity index (χ1v) is 8.72. The van der Waals surface area contributed by atoms with Crippen molar-refractivity contribution in [3.63, 3.8) is 0 Å². The number of hydrogen-bond acceptors (Lipinski definition) is 5. The lowest BCUT2D eigenvalue weighted by atomic mass is 10.2. The van der Waals surface area contributed by atoms with Gasteiger partial charge in [-0.3, -0.25) is 0 Å². The minimum absolute atomic E-state index is 0.469. The van der Waals surface area contributed by atoms with E-state index in [1.165, 1.54) is 15.6 Å². The lowest BCUT2D eigenvalue weighted by molar-refractivity contribution is 0.463. The summed E-state index contributed by atoms with van der Waals surface area (Å²) in [5.41, 5.74) is 1.01. The summed E-state index contributed by atoms with van der Waals surface area (Å²) in [6.07, 6.45) is 2.69. The maximum atomic E-state index is 12.1. The number of nitrogens with one attached hydrogen (secondary N) is 2. The molecule has 0 spiro atoms. The molecule has 19 heavy (non-hydrogen) atoms. The van der Waals surface area contributed by atoms with E-state index in [-0.39, 0.29) is 0 Å². The monoisotopic (exact) mass is 304 g/mol. The summed E-state index contributed by atoms with van der Waals surface area (Å²) >= 11 is 1.41. The highest BCUT2D eigenvalue weighted by Crippen LogP contribution is 2.26. The summed E-state index contributed by atoms with van der Waals surface area (Å²) in [6, 6.07) is 0. The molecule has 0 fully saturated rings. The minimum Gasteiger partial charge on any atom is -0.311 e. The Morgan fingerprint density at radius 1 is 1.53 bits per heavy atom. The van der Waals surface area contributed by atoms with Crippen molar-refractivity contribution < 1.29 is 8.42 Å². The van der Waals surface area contributed by atoms with Gasteiger partial charge in [0.2, 0.25) is 0 Å². The molecular formula is C11H20N4O2S2. The lowest BCUT2D eigenvalue weighted by Gasteiger charge is -2.16. The minimum atomic E-state index is -3.47. The van der Waals surface area contributed by atoms with Crippen LogP contribution in [0.1, 0.15) is 30.3 Å². The van der Waals surface area contributed by atoms with E-state index in [4.69, 9.17) is 0 Å². The molecule has 1 aromatic rings. The highest BCUT2D eigenvalue weighted by Gasteiger charge is 2.21. The van der Waals surface area contributed by atoms with E-state index in [0.29, 0.717) is 11.7 Å². The molecule has 2 heterocycles. The second kappa shape index (κ2) is 6.17. The summed E-state index contributed by atoms with van der Waals surface area (Å²) in [7, 11) is -1.88. The van der Waals surface area contributed by atoms with Gasteiger partial charge >= 0.3 is 10.2 Å². The zero-order chi connectivity index (χ0) is 13.9. The van der Waals surface area contributed by atoms with Gasteiger partial charge < -0.3 is 5.32 Å². The average molecular weight is 304 g/mol. The Kier molecular flexibility index (Phi) is 4.77. The average Bonchev–Trinajstić information content (AvgIpc) is 2.76. The lowest BCUT2D eigenvalue weighted by Crippen LogP contribution is -2.33. The number of rotatable bonds is 6. The van der Waals surface area contributed by atoms with Gasteiger partial charge in [-0.1, -0.05) is 24.7 Å². The summed E-state index contributed by atoms with van der Waals surface area (Å²) in [5, 5.41) is 3.72. The Morgan fingerprint density at radius 2 is 2.32 bits per heavy atom. The Morgan fingerprint density at radius 3 is 3.00 bits per heavy atom. The molecule has 0 aromatic carbocycles.